The maximum Gasteiger partial charge on any atom is 0.215 e. The van der Waals surface area contributed by atoms with Crippen LogP contribution >= 0.6 is 0 Å². The highest BCUT2D eigenvalue weighted by molar-refractivity contribution is 5.71. The normalized spacial score (nSPS) is 10.7. The Hall–Kier alpha value is -1.32. The highest BCUT2D eigenvalue weighted by atomic mass is 16.1. The molecular formula is C11H19N3O. The van der Waals surface area contributed by atoms with Gasteiger partial charge in [0.2, 0.25) is 6.41 Å². The van der Waals surface area contributed by atoms with E-state index in [-0.39, 0.29) is 0 Å². The van der Waals surface area contributed by atoms with Crippen LogP contribution in [0.25, 0.3) is 0 Å². The van der Waals surface area contributed by atoms with E-state index >= 15 is 0 Å². The number of hydrogen-bond acceptors (Lipinski definition) is 2. The van der Waals surface area contributed by atoms with E-state index in [0.29, 0.717) is 5.92 Å². The monoisotopic (exact) mass is 209 g/mol. The van der Waals surface area contributed by atoms with Crippen LogP contribution in [0.15, 0.2) is 12.3 Å². The molecule has 0 unspecified atom stereocenters. The number of aryl methyl sites for hydroxylation is 1. The fourth-order valence-corrected chi connectivity index (χ4v) is 1.50. The molecule has 1 heterocycles. The van der Waals surface area contributed by atoms with Crippen LogP contribution in [0.2, 0.25) is 0 Å². The molecule has 84 valence electrons. The third kappa shape index (κ3) is 3.38. The van der Waals surface area contributed by atoms with Gasteiger partial charge in [-0.15, -0.1) is 0 Å². The second-order valence-electron chi connectivity index (χ2n) is 4.16. The van der Waals surface area contributed by atoms with Crippen molar-refractivity contribution in [2.75, 3.05) is 11.9 Å². The first kappa shape index (κ1) is 11.8. The third-order valence-corrected chi connectivity index (χ3v) is 2.36. The molecule has 4 nitrogen and oxygen atoms in total. The molecule has 0 spiro atoms. The molecule has 0 N–H and O–H groups in total. The lowest BCUT2D eigenvalue weighted by Gasteiger charge is -2.13. The summed E-state index contributed by atoms with van der Waals surface area (Å²) in [6.45, 7) is 5.29. The molecule has 0 bridgehead atoms. The average molecular weight is 209 g/mol. The Bertz CT molecular complexity index is 307. The smallest absolute Gasteiger partial charge is 0.215 e. The number of rotatable bonds is 6. The Morgan fingerprint density at radius 1 is 1.60 bits per heavy atom. The largest absolute Gasteiger partial charge is 0.303 e. The number of hydrogen-bond donors (Lipinski definition) is 0. The predicted molar refractivity (Wildman–Crippen MR) is 60.8 cm³/mol. The fraction of sp³-hybridized carbons (Fsp3) is 0.636. The van der Waals surface area contributed by atoms with Crippen molar-refractivity contribution in [1.29, 1.82) is 0 Å². The Kier molecular flexibility index (Phi) is 4.34. The Morgan fingerprint density at radius 3 is 2.93 bits per heavy atom. The number of carbonyl (C=O) groups excluding carboxylic acids is 1. The highest BCUT2D eigenvalue weighted by Gasteiger charge is 2.06. The number of nitrogens with zero attached hydrogens (tertiary/aromatic N) is 3. The second-order valence-corrected chi connectivity index (χ2v) is 4.16. The van der Waals surface area contributed by atoms with Crippen LogP contribution in [-0.2, 0) is 11.3 Å². The van der Waals surface area contributed by atoms with Crippen LogP contribution in [-0.4, -0.2) is 23.2 Å². The van der Waals surface area contributed by atoms with Crippen LogP contribution < -0.4 is 4.90 Å². The SMILES string of the molecule is CC(C)CCCn1nccc1N(C)C=O. The number of anilines is 1. The van der Waals surface area contributed by atoms with Gasteiger partial charge < -0.3 is 4.90 Å². The van der Waals surface area contributed by atoms with E-state index in [2.05, 4.69) is 18.9 Å². The van der Waals surface area contributed by atoms with Crippen LogP contribution in [0, 0.1) is 5.92 Å². The molecule has 15 heavy (non-hydrogen) atoms. The first-order chi connectivity index (χ1) is 7.15. The molecule has 1 amide bonds. The van der Waals surface area contributed by atoms with Gasteiger partial charge in [0.1, 0.15) is 5.82 Å². The minimum absolute atomic E-state index is 0.716. The van der Waals surface area contributed by atoms with Gasteiger partial charge in [0.25, 0.3) is 0 Å². The Labute approximate surface area is 90.9 Å². The van der Waals surface area contributed by atoms with Crippen molar-refractivity contribution in [3.05, 3.63) is 12.3 Å². The molecule has 0 aliphatic heterocycles. The summed E-state index contributed by atoms with van der Waals surface area (Å²) in [7, 11) is 1.74. The summed E-state index contributed by atoms with van der Waals surface area (Å²) in [6.07, 6.45) is 4.81. The van der Waals surface area contributed by atoms with Crippen LogP contribution in [0.4, 0.5) is 5.82 Å². The molecule has 0 aromatic carbocycles. The van der Waals surface area contributed by atoms with Gasteiger partial charge in [-0.05, 0) is 18.8 Å². The van der Waals surface area contributed by atoms with E-state index in [0.717, 1.165) is 25.2 Å². The number of aromatic nitrogens is 2. The topological polar surface area (TPSA) is 38.1 Å². The summed E-state index contributed by atoms with van der Waals surface area (Å²) < 4.78 is 1.87. The summed E-state index contributed by atoms with van der Waals surface area (Å²) >= 11 is 0. The van der Waals surface area contributed by atoms with Crippen molar-refractivity contribution in [1.82, 2.24) is 9.78 Å². The van der Waals surface area contributed by atoms with Gasteiger partial charge in [-0.2, -0.15) is 5.10 Å². The van der Waals surface area contributed by atoms with Crippen molar-refractivity contribution in [3.8, 4) is 0 Å². The molecule has 0 saturated carbocycles. The summed E-state index contributed by atoms with van der Waals surface area (Å²) in [5.41, 5.74) is 0. The van der Waals surface area contributed by atoms with Gasteiger partial charge in [-0.3, -0.25) is 4.79 Å². The van der Waals surface area contributed by atoms with Gasteiger partial charge in [-0.25, -0.2) is 4.68 Å². The van der Waals surface area contributed by atoms with E-state index < -0.39 is 0 Å². The summed E-state index contributed by atoms with van der Waals surface area (Å²) in [5, 5.41) is 4.20. The fourth-order valence-electron chi connectivity index (χ4n) is 1.50. The van der Waals surface area contributed by atoms with Gasteiger partial charge in [-0.1, -0.05) is 13.8 Å². The molecule has 0 saturated heterocycles. The number of carbonyl (C=O) groups is 1. The first-order valence-electron chi connectivity index (χ1n) is 5.35. The first-order valence-corrected chi connectivity index (χ1v) is 5.35. The average Bonchev–Trinajstić information content (AvgIpc) is 2.64. The minimum atomic E-state index is 0.716. The van der Waals surface area contributed by atoms with Gasteiger partial charge in [0, 0.05) is 19.7 Å². The van der Waals surface area contributed by atoms with E-state index in [1.54, 1.807) is 18.1 Å². The van der Waals surface area contributed by atoms with Crippen molar-refractivity contribution in [3.63, 3.8) is 0 Å². The lowest BCUT2D eigenvalue weighted by Crippen LogP contribution is -2.18. The minimum Gasteiger partial charge on any atom is -0.303 e. The molecule has 0 radical (unpaired) electrons. The highest BCUT2D eigenvalue weighted by Crippen LogP contribution is 2.12. The van der Waals surface area contributed by atoms with Crippen molar-refractivity contribution in [2.45, 2.75) is 33.2 Å². The molecule has 0 aliphatic rings. The van der Waals surface area contributed by atoms with E-state index in [4.69, 9.17) is 0 Å². The molecule has 0 atom stereocenters. The molecule has 0 fully saturated rings. The summed E-state index contributed by atoms with van der Waals surface area (Å²) in [6, 6.07) is 1.85. The van der Waals surface area contributed by atoms with Gasteiger partial charge in [0.15, 0.2) is 0 Å². The maximum absolute atomic E-state index is 10.6. The predicted octanol–water partition coefficient (Wildman–Crippen LogP) is 1.91. The summed E-state index contributed by atoms with van der Waals surface area (Å²) in [4.78, 5) is 12.2. The van der Waals surface area contributed by atoms with E-state index in [1.807, 2.05) is 10.7 Å². The molecule has 1 aromatic heterocycles. The van der Waals surface area contributed by atoms with Crippen LogP contribution in [0.1, 0.15) is 26.7 Å². The van der Waals surface area contributed by atoms with Crippen molar-refractivity contribution in [2.24, 2.45) is 5.92 Å². The van der Waals surface area contributed by atoms with Crippen molar-refractivity contribution < 1.29 is 4.79 Å². The zero-order valence-corrected chi connectivity index (χ0v) is 9.68. The van der Waals surface area contributed by atoms with Gasteiger partial charge in [0.05, 0.1) is 6.20 Å². The molecule has 1 aromatic rings. The Morgan fingerprint density at radius 2 is 2.33 bits per heavy atom. The zero-order chi connectivity index (χ0) is 11.3. The quantitative estimate of drug-likeness (QED) is 0.671. The molecule has 4 heteroatoms. The van der Waals surface area contributed by atoms with Crippen LogP contribution in [0.3, 0.4) is 0 Å². The lowest BCUT2D eigenvalue weighted by molar-refractivity contribution is -0.107. The standard InChI is InChI=1S/C11H19N3O/c1-10(2)5-4-8-14-11(6-7-12-14)13(3)9-15/h6-7,9-10H,4-5,8H2,1-3H3. The molecule has 0 aliphatic carbocycles. The molecule has 1 rings (SSSR count). The van der Waals surface area contributed by atoms with E-state index in [1.165, 1.54) is 6.42 Å². The van der Waals surface area contributed by atoms with Gasteiger partial charge >= 0.3 is 0 Å². The number of amides is 1. The van der Waals surface area contributed by atoms with Crippen LogP contribution in [0.5, 0.6) is 0 Å². The Balaban J connectivity index is 2.53. The zero-order valence-electron chi connectivity index (χ0n) is 9.68. The third-order valence-electron chi connectivity index (χ3n) is 2.36. The van der Waals surface area contributed by atoms with E-state index in [9.17, 15) is 4.79 Å². The second kappa shape index (κ2) is 5.53. The maximum atomic E-state index is 10.6. The molecular weight excluding hydrogens is 190 g/mol. The van der Waals surface area contributed by atoms with Crippen molar-refractivity contribution >= 4 is 12.2 Å². The lowest BCUT2D eigenvalue weighted by atomic mass is 10.1. The summed E-state index contributed by atoms with van der Waals surface area (Å²) in [5.74, 6) is 1.57.